The Balaban J connectivity index is 2.13. The Labute approximate surface area is 120 Å². The standard InChI is InChI=1S/C14H12N4O3/c1-10-12(3-2-4-13(10)18(20)21)14(19)17-16-9-11-5-7-15-8-6-11/h2-9H,1H3,(H,17,19)/b16-9+. The third kappa shape index (κ3) is 3.47. The summed E-state index contributed by atoms with van der Waals surface area (Å²) in [5.41, 5.74) is 3.55. The van der Waals surface area contributed by atoms with Gasteiger partial charge in [-0.25, -0.2) is 5.43 Å². The number of hydrogen-bond acceptors (Lipinski definition) is 5. The van der Waals surface area contributed by atoms with Crippen molar-refractivity contribution in [2.75, 3.05) is 0 Å². The van der Waals surface area contributed by atoms with Crippen molar-refractivity contribution in [2.24, 2.45) is 5.10 Å². The molecule has 2 rings (SSSR count). The summed E-state index contributed by atoms with van der Waals surface area (Å²) in [6.45, 7) is 1.53. The maximum atomic E-state index is 12.0. The van der Waals surface area contributed by atoms with E-state index in [-0.39, 0.29) is 11.3 Å². The first-order valence-corrected chi connectivity index (χ1v) is 6.07. The van der Waals surface area contributed by atoms with E-state index in [1.54, 1.807) is 24.5 Å². The number of nitro groups is 1. The molecule has 106 valence electrons. The molecular weight excluding hydrogens is 272 g/mol. The average Bonchev–Trinajstić information content (AvgIpc) is 2.48. The Hall–Kier alpha value is -3.09. The fraction of sp³-hybridized carbons (Fsp3) is 0.0714. The molecule has 0 unspecified atom stereocenters. The second kappa shape index (κ2) is 6.38. The van der Waals surface area contributed by atoms with Crippen molar-refractivity contribution >= 4 is 17.8 Å². The van der Waals surface area contributed by atoms with E-state index in [1.807, 2.05) is 0 Å². The van der Waals surface area contributed by atoms with Crippen LogP contribution in [-0.4, -0.2) is 22.0 Å². The third-order valence-electron chi connectivity index (χ3n) is 2.83. The molecule has 7 nitrogen and oxygen atoms in total. The van der Waals surface area contributed by atoms with E-state index in [0.29, 0.717) is 5.56 Å². The zero-order valence-electron chi connectivity index (χ0n) is 11.2. The maximum Gasteiger partial charge on any atom is 0.273 e. The van der Waals surface area contributed by atoms with Crippen LogP contribution in [0.4, 0.5) is 5.69 Å². The van der Waals surface area contributed by atoms with E-state index in [2.05, 4.69) is 15.5 Å². The highest BCUT2D eigenvalue weighted by Gasteiger charge is 2.17. The molecule has 1 aromatic heterocycles. The van der Waals surface area contributed by atoms with E-state index in [9.17, 15) is 14.9 Å². The van der Waals surface area contributed by atoms with Crippen LogP contribution in [0.5, 0.6) is 0 Å². The molecule has 21 heavy (non-hydrogen) atoms. The molecule has 7 heteroatoms. The lowest BCUT2D eigenvalue weighted by molar-refractivity contribution is -0.385. The molecule has 0 fully saturated rings. The minimum absolute atomic E-state index is 0.0965. The summed E-state index contributed by atoms with van der Waals surface area (Å²) in [6.07, 6.45) is 4.67. The first-order chi connectivity index (χ1) is 10.1. The van der Waals surface area contributed by atoms with Crippen molar-refractivity contribution in [3.8, 4) is 0 Å². The van der Waals surface area contributed by atoms with Gasteiger partial charge in [0.2, 0.25) is 0 Å². The van der Waals surface area contributed by atoms with Gasteiger partial charge in [-0.1, -0.05) is 6.07 Å². The second-order valence-electron chi connectivity index (χ2n) is 4.19. The number of carbonyl (C=O) groups excluding carboxylic acids is 1. The fourth-order valence-corrected chi connectivity index (χ4v) is 1.74. The van der Waals surface area contributed by atoms with Crippen LogP contribution in [0.15, 0.2) is 47.8 Å². The van der Waals surface area contributed by atoms with E-state index < -0.39 is 10.8 Å². The monoisotopic (exact) mass is 284 g/mol. The minimum Gasteiger partial charge on any atom is -0.267 e. The van der Waals surface area contributed by atoms with Crippen molar-refractivity contribution in [3.05, 3.63) is 69.5 Å². The Morgan fingerprint density at radius 2 is 2.05 bits per heavy atom. The third-order valence-corrected chi connectivity index (χ3v) is 2.83. The van der Waals surface area contributed by atoms with Gasteiger partial charge in [0, 0.05) is 24.0 Å². The van der Waals surface area contributed by atoms with Crippen molar-refractivity contribution in [3.63, 3.8) is 0 Å². The maximum absolute atomic E-state index is 12.0. The van der Waals surface area contributed by atoms with Gasteiger partial charge in [0.25, 0.3) is 11.6 Å². The molecule has 1 amide bonds. The Morgan fingerprint density at radius 3 is 2.71 bits per heavy atom. The van der Waals surface area contributed by atoms with Gasteiger partial charge in [-0.15, -0.1) is 0 Å². The minimum atomic E-state index is -0.521. The number of carbonyl (C=O) groups is 1. The molecule has 0 spiro atoms. The zero-order valence-corrected chi connectivity index (χ0v) is 11.2. The van der Waals surface area contributed by atoms with Gasteiger partial charge in [0.05, 0.1) is 16.7 Å². The molecule has 0 aliphatic carbocycles. The van der Waals surface area contributed by atoms with Crippen molar-refractivity contribution in [1.29, 1.82) is 0 Å². The number of hydrogen-bond donors (Lipinski definition) is 1. The predicted molar refractivity (Wildman–Crippen MR) is 77.1 cm³/mol. The molecule has 2 aromatic rings. The lowest BCUT2D eigenvalue weighted by Crippen LogP contribution is -2.19. The first-order valence-electron chi connectivity index (χ1n) is 6.07. The van der Waals surface area contributed by atoms with Crippen molar-refractivity contribution < 1.29 is 9.72 Å². The summed E-state index contributed by atoms with van der Waals surface area (Å²) in [5, 5.41) is 14.6. The lowest BCUT2D eigenvalue weighted by atomic mass is 10.1. The summed E-state index contributed by atoms with van der Waals surface area (Å²) >= 11 is 0. The van der Waals surface area contributed by atoms with E-state index in [0.717, 1.165) is 5.56 Å². The Morgan fingerprint density at radius 1 is 1.33 bits per heavy atom. The lowest BCUT2D eigenvalue weighted by Gasteiger charge is -2.04. The van der Waals surface area contributed by atoms with Gasteiger partial charge in [-0.2, -0.15) is 5.10 Å². The number of pyridine rings is 1. The summed E-state index contributed by atoms with van der Waals surface area (Å²) in [5.74, 6) is -0.499. The highest BCUT2D eigenvalue weighted by Crippen LogP contribution is 2.20. The second-order valence-corrected chi connectivity index (χ2v) is 4.19. The van der Waals surface area contributed by atoms with E-state index in [1.165, 1.54) is 31.3 Å². The highest BCUT2D eigenvalue weighted by atomic mass is 16.6. The molecular formula is C14H12N4O3. The molecule has 1 aromatic carbocycles. The molecule has 0 aliphatic rings. The number of aromatic nitrogens is 1. The van der Waals surface area contributed by atoms with Crippen molar-refractivity contribution in [1.82, 2.24) is 10.4 Å². The summed E-state index contributed by atoms with van der Waals surface area (Å²) in [6, 6.07) is 7.79. The van der Waals surface area contributed by atoms with Gasteiger partial charge in [0.1, 0.15) is 0 Å². The number of rotatable bonds is 4. The fourth-order valence-electron chi connectivity index (χ4n) is 1.74. The Bertz CT molecular complexity index is 699. The molecule has 1 N–H and O–H groups in total. The molecule has 1 heterocycles. The number of nitrogens with zero attached hydrogens (tertiary/aromatic N) is 3. The summed E-state index contributed by atoms with van der Waals surface area (Å²) in [7, 11) is 0. The summed E-state index contributed by atoms with van der Waals surface area (Å²) < 4.78 is 0. The van der Waals surface area contributed by atoms with Gasteiger partial charge in [0.15, 0.2) is 0 Å². The molecule has 0 aliphatic heterocycles. The van der Waals surface area contributed by atoms with Crippen LogP contribution in [0.1, 0.15) is 21.5 Å². The molecule has 0 radical (unpaired) electrons. The van der Waals surface area contributed by atoms with Crippen LogP contribution < -0.4 is 5.43 Å². The van der Waals surface area contributed by atoms with Gasteiger partial charge >= 0.3 is 0 Å². The van der Waals surface area contributed by atoms with Gasteiger partial charge in [-0.3, -0.25) is 19.9 Å². The van der Waals surface area contributed by atoms with Crippen LogP contribution >= 0.6 is 0 Å². The topological polar surface area (TPSA) is 97.5 Å². The van der Waals surface area contributed by atoms with E-state index >= 15 is 0 Å². The SMILES string of the molecule is Cc1c(C(=O)N/N=C/c2ccncc2)cccc1[N+](=O)[O-]. The summed E-state index contributed by atoms with van der Waals surface area (Å²) in [4.78, 5) is 26.1. The number of benzene rings is 1. The Kier molecular flexibility index (Phi) is 4.35. The van der Waals surface area contributed by atoms with Crippen LogP contribution in [0.3, 0.4) is 0 Å². The van der Waals surface area contributed by atoms with Crippen LogP contribution in [-0.2, 0) is 0 Å². The largest absolute Gasteiger partial charge is 0.273 e. The molecule has 0 bridgehead atoms. The molecule has 0 atom stereocenters. The van der Waals surface area contributed by atoms with E-state index in [4.69, 9.17) is 0 Å². The van der Waals surface area contributed by atoms with Crippen LogP contribution in [0.2, 0.25) is 0 Å². The number of amides is 1. The predicted octanol–water partition coefficient (Wildman–Crippen LogP) is 2.06. The smallest absolute Gasteiger partial charge is 0.267 e. The first kappa shape index (κ1) is 14.3. The van der Waals surface area contributed by atoms with Crippen molar-refractivity contribution in [2.45, 2.75) is 6.92 Å². The zero-order chi connectivity index (χ0) is 15.2. The number of nitrogens with one attached hydrogen (secondary N) is 1. The average molecular weight is 284 g/mol. The quantitative estimate of drug-likeness (QED) is 0.528. The molecule has 0 saturated heterocycles. The van der Waals surface area contributed by atoms with Gasteiger partial charge < -0.3 is 0 Å². The van der Waals surface area contributed by atoms with Crippen LogP contribution in [0.25, 0.3) is 0 Å². The van der Waals surface area contributed by atoms with Crippen LogP contribution in [0, 0.1) is 17.0 Å². The molecule has 0 saturated carbocycles. The highest BCUT2D eigenvalue weighted by molar-refractivity contribution is 5.97. The van der Waals surface area contributed by atoms with Gasteiger partial charge in [-0.05, 0) is 30.7 Å². The number of nitro benzene ring substituents is 1. The normalized spacial score (nSPS) is 10.5. The number of hydrazone groups is 1.